The molecule has 0 saturated heterocycles. The molecule has 0 aromatic rings. The van der Waals surface area contributed by atoms with E-state index in [-0.39, 0.29) is 11.7 Å². The monoisotopic (exact) mass is 238 g/mol. The fraction of sp³-hybridized carbons (Fsp3) is 0.714. The summed E-state index contributed by atoms with van der Waals surface area (Å²) in [5.41, 5.74) is -1.85. The number of rotatable bonds is 0. The largest absolute Gasteiger partial charge is 0.377 e. The molecule has 1 aliphatic carbocycles. The van der Waals surface area contributed by atoms with Crippen LogP contribution in [-0.4, -0.2) is 22.8 Å². The highest BCUT2D eigenvalue weighted by Gasteiger charge is 2.51. The molecule has 0 aliphatic heterocycles. The zero-order valence-corrected chi connectivity index (χ0v) is 11.3. The summed E-state index contributed by atoms with van der Waals surface area (Å²) in [6.07, 6.45) is 1.10. The predicted octanol–water partition coefficient (Wildman–Crippen LogP) is 1.97. The second-order valence-electron chi connectivity index (χ2n) is 4.86. The van der Waals surface area contributed by atoms with E-state index in [4.69, 9.17) is 0 Å². The van der Waals surface area contributed by atoms with Crippen molar-refractivity contribution in [1.82, 2.24) is 0 Å². The van der Waals surface area contributed by atoms with Crippen LogP contribution in [0.25, 0.3) is 0 Å². The summed E-state index contributed by atoms with van der Waals surface area (Å²) in [5.74, 6) is 4.77. The van der Waals surface area contributed by atoms with Crippen LogP contribution >= 0.6 is 0 Å². The Morgan fingerprint density at radius 3 is 2.35 bits per heavy atom. The van der Waals surface area contributed by atoms with Gasteiger partial charge in [-0.25, -0.2) is 0 Å². The third-order valence-electron chi connectivity index (χ3n) is 3.24. The number of hydrogen-bond acceptors (Lipinski definition) is 3. The Morgan fingerprint density at radius 2 is 1.94 bits per heavy atom. The van der Waals surface area contributed by atoms with Crippen LogP contribution in [0.4, 0.5) is 0 Å². The molecular weight excluding hydrogens is 216 g/mol. The average molecular weight is 238 g/mol. The summed E-state index contributed by atoms with van der Waals surface area (Å²) < 4.78 is 0. The number of ketones is 1. The summed E-state index contributed by atoms with van der Waals surface area (Å²) >= 11 is 0. The number of hydrogen-bond donors (Lipinski definition) is 1. The van der Waals surface area contributed by atoms with Crippen molar-refractivity contribution in [3.63, 3.8) is 0 Å². The summed E-state index contributed by atoms with van der Waals surface area (Å²) in [7, 11) is 0. The fourth-order valence-electron chi connectivity index (χ4n) is 2.29. The van der Waals surface area contributed by atoms with Crippen LogP contribution in [0.2, 0.25) is 0 Å². The van der Waals surface area contributed by atoms with E-state index in [0.717, 1.165) is 0 Å². The molecule has 0 bridgehead atoms. The molecule has 1 rings (SSSR count). The Bertz CT molecular complexity index is 346. The van der Waals surface area contributed by atoms with E-state index < -0.39 is 11.0 Å². The highest BCUT2D eigenvalue weighted by atomic mass is 16.3. The van der Waals surface area contributed by atoms with E-state index in [1.165, 1.54) is 0 Å². The third kappa shape index (κ3) is 3.17. The molecule has 96 valence electrons. The van der Waals surface area contributed by atoms with Crippen molar-refractivity contribution in [1.29, 1.82) is 0 Å². The highest BCUT2D eigenvalue weighted by Crippen LogP contribution is 2.45. The maximum Gasteiger partial charge on any atom is 0.192 e. The molecule has 2 atom stereocenters. The van der Waals surface area contributed by atoms with Gasteiger partial charge in [-0.1, -0.05) is 40.5 Å². The van der Waals surface area contributed by atoms with Gasteiger partial charge >= 0.3 is 0 Å². The van der Waals surface area contributed by atoms with Gasteiger partial charge in [-0.2, -0.15) is 0 Å². The van der Waals surface area contributed by atoms with Crippen molar-refractivity contribution < 1.29 is 14.7 Å². The number of Topliss-reactive ketones (excluding diaryl/α,β-unsaturated/α-hetero) is 1. The van der Waals surface area contributed by atoms with E-state index in [9.17, 15) is 14.7 Å². The molecule has 3 nitrogen and oxygen atoms in total. The van der Waals surface area contributed by atoms with Gasteiger partial charge in [0.1, 0.15) is 11.4 Å². The number of carbonyl (C=O) groups is 2. The zero-order chi connectivity index (χ0) is 13.7. The van der Waals surface area contributed by atoms with Gasteiger partial charge in [0.05, 0.1) is 0 Å². The number of aliphatic hydroxyl groups is 1. The summed E-state index contributed by atoms with van der Waals surface area (Å²) in [6.45, 7) is 9.40. The Balaban J connectivity index is 0.00000121. The van der Waals surface area contributed by atoms with Crippen molar-refractivity contribution in [2.24, 2.45) is 11.3 Å². The molecule has 1 aliphatic rings. The minimum Gasteiger partial charge on any atom is -0.377 e. The molecule has 1 N–H and O–H groups in total. The molecule has 3 heteroatoms. The van der Waals surface area contributed by atoms with Gasteiger partial charge in [-0.05, 0) is 5.92 Å². The van der Waals surface area contributed by atoms with E-state index in [1.807, 2.05) is 13.8 Å². The second-order valence-corrected chi connectivity index (χ2v) is 4.86. The average Bonchev–Trinajstić information content (AvgIpc) is 2.25. The lowest BCUT2D eigenvalue weighted by Crippen LogP contribution is -2.53. The van der Waals surface area contributed by atoms with Crippen molar-refractivity contribution >= 4 is 12.1 Å². The molecule has 0 aromatic carbocycles. The lowest BCUT2D eigenvalue weighted by Gasteiger charge is -2.46. The SMILES string of the molecule is CC.CC1CC(=O)CC(C)(C)C1(O)C#CC=O. The molecule has 0 heterocycles. The predicted molar refractivity (Wildman–Crippen MR) is 67.3 cm³/mol. The highest BCUT2D eigenvalue weighted by molar-refractivity contribution is 5.81. The summed E-state index contributed by atoms with van der Waals surface area (Å²) in [5, 5.41) is 10.4. The maximum atomic E-state index is 11.4. The van der Waals surface area contributed by atoms with Crippen molar-refractivity contribution in [3.8, 4) is 11.8 Å². The fourth-order valence-corrected chi connectivity index (χ4v) is 2.29. The Labute approximate surface area is 104 Å². The smallest absolute Gasteiger partial charge is 0.192 e. The van der Waals surface area contributed by atoms with Gasteiger partial charge in [0, 0.05) is 24.2 Å². The molecule has 0 amide bonds. The van der Waals surface area contributed by atoms with Crippen molar-refractivity contribution in [2.75, 3.05) is 0 Å². The molecule has 1 saturated carbocycles. The van der Waals surface area contributed by atoms with E-state index in [1.54, 1.807) is 20.8 Å². The van der Waals surface area contributed by atoms with Gasteiger partial charge in [0.2, 0.25) is 0 Å². The molecular formula is C14H22O3. The van der Waals surface area contributed by atoms with Crippen molar-refractivity contribution in [2.45, 2.75) is 53.1 Å². The molecule has 0 spiro atoms. The lowest BCUT2D eigenvalue weighted by atomic mass is 9.60. The van der Waals surface area contributed by atoms with E-state index >= 15 is 0 Å². The van der Waals surface area contributed by atoms with Crippen LogP contribution in [0.5, 0.6) is 0 Å². The lowest BCUT2D eigenvalue weighted by molar-refractivity contribution is -0.140. The quantitative estimate of drug-likeness (QED) is 0.518. The molecule has 0 radical (unpaired) electrons. The van der Waals surface area contributed by atoms with Crippen LogP contribution in [0.1, 0.15) is 47.5 Å². The summed E-state index contributed by atoms with van der Waals surface area (Å²) in [6, 6.07) is 0. The Morgan fingerprint density at radius 1 is 1.41 bits per heavy atom. The first-order valence-electron chi connectivity index (χ1n) is 6.04. The molecule has 1 fully saturated rings. The van der Waals surface area contributed by atoms with Crippen LogP contribution in [0, 0.1) is 23.2 Å². The van der Waals surface area contributed by atoms with Gasteiger partial charge in [-0.15, -0.1) is 0 Å². The first kappa shape index (κ1) is 15.9. The molecule has 17 heavy (non-hydrogen) atoms. The van der Waals surface area contributed by atoms with Crippen LogP contribution in [0.3, 0.4) is 0 Å². The second kappa shape index (κ2) is 5.97. The molecule has 0 aromatic heterocycles. The van der Waals surface area contributed by atoms with Gasteiger partial charge in [-0.3, -0.25) is 9.59 Å². The summed E-state index contributed by atoms with van der Waals surface area (Å²) in [4.78, 5) is 21.6. The van der Waals surface area contributed by atoms with Crippen molar-refractivity contribution in [3.05, 3.63) is 0 Å². The normalized spacial score (nSPS) is 30.5. The topological polar surface area (TPSA) is 54.4 Å². The maximum absolute atomic E-state index is 11.4. The van der Waals surface area contributed by atoms with Gasteiger partial charge in [0.25, 0.3) is 0 Å². The van der Waals surface area contributed by atoms with Crippen LogP contribution in [0.15, 0.2) is 0 Å². The minimum absolute atomic E-state index is 0.144. The third-order valence-corrected chi connectivity index (χ3v) is 3.24. The van der Waals surface area contributed by atoms with Gasteiger partial charge in [0.15, 0.2) is 6.29 Å². The Kier molecular flexibility index (Phi) is 5.57. The number of aldehydes is 1. The van der Waals surface area contributed by atoms with Crippen LogP contribution < -0.4 is 0 Å². The Hall–Kier alpha value is -1.14. The van der Waals surface area contributed by atoms with E-state index in [0.29, 0.717) is 19.1 Å². The van der Waals surface area contributed by atoms with E-state index in [2.05, 4.69) is 11.8 Å². The standard InChI is InChI=1S/C12H16O3.C2H6/c1-9-7-10(14)8-11(2,3)12(9,15)5-4-6-13;1-2/h6,9,15H,7-8H2,1-3H3;1-2H3. The van der Waals surface area contributed by atoms with Crippen LogP contribution in [-0.2, 0) is 9.59 Å². The minimum atomic E-state index is -1.25. The first-order valence-corrected chi connectivity index (χ1v) is 6.04. The first-order chi connectivity index (χ1) is 7.83. The van der Waals surface area contributed by atoms with Gasteiger partial charge < -0.3 is 5.11 Å². The zero-order valence-electron chi connectivity index (χ0n) is 11.3. The molecule has 2 unspecified atom stereocenters. The number of carbonyl (C=O) groups excluding carboxylic acids is 2.